The number of aromatic nitrogens is 3. The predicted molar refractivity (Wildman–Crippen MR) is 150 cm³/mol. The second-order valence-corrected chi connectivity index (χ2v) is 9.68. The molecule has 0 radical (unpaired) electrons. The number of amides is 2. The van der Waals surface area contributed by atoms with Crippen molar-refractivity contribution in [1.82, 2.24) is 20.3 Å². The normalized spacial score (nSPS) is 15.5. The fourth-order valence-corrected chi connectivity index (χ4v) is 5.05. The van der Waals surface area contributed by atoms with Gasteiger partial charge in [-0.15, -0.1) is 5.10 Å². The average Bonchev–Trinajstić information content (AvgIpc) is 3.65. The van der Waals surface area contributed by atoms with Crippen LogP contribution in [0.5, 0.6) is 11.5 Å². The first-order chi connectivity index (χ1) is 19.5. The number of carbonyl (C=O) groups is 2. The molecule has 1 aliphatic heterocycles. The van der Waals surface area contributed by atoms with Crippen LogP contribution in [0.1, 0.15) is 30.0 Å². The van der Waals surface area contributed by atoms with Crippen LogP contribution in [-0.2, 0) is 20.9 Å². The minimum Gasteiger partial charge on any atom is -0.497 e. The average molecular weight is 544 g/mol. The summed E-state index contributed by atoms with van der Waals surface area (Å²) in [7, 11) is 3.09. The van der Waals surface area contributed by atoms with Gasteiger partial charge in [-0.2, -0.15) is 0 Å². The van der Waals surface area contributed by atoms with E-state index in [-0.39, 0.29) is 24.5 Å². The van der Waals surface area contributed by atoms with E-state index in [0.717, 1.165) is 23.9 Å². The third-order valence-electron chi connectivity index (χ3n) is 7.12. The van der Waals surface area contributed by atoms with Crippen molar-refractivity contribution in [2.24, 2.45) is 0 Å². The van der Waals surface area contributed by atoms with Crippen LogP contribution in [-0.4, -0.2) is 60.3 Å². The molecule has 40 heavy (non-hydrogen) atoms. The Bertz CT molecular complexity index is 1500. The third-order valence-corrected chi connectivity index (χ3v) is 7.12. The fraction of sp³-hybridized carbons (Fsp3) is 0.333. The zero-order valence-corrected chi connectivity index (χ0v) is 22.9. The highest BCUT2D eigenvalue weighted by Crippen LogP contribution is 2.37. The summed E-state index contributed by atoms with van der Waals surface area (Å²) in [6, 6.07) is 19.1. The molecule has 0 bridgehead atoms. The van der Waals surface area contributed by atoms with Crippen molar-refractivity contribution in [3.05, 3.63) is 77.9 Å². The lowest BCUT2D eigenvalue weighted by atomic mass is 10.00. The Kier molecular flexibility index (Phi) is 8.26. The van der Waals surface area contributed by atoms with Gasteiger partial charge in [0.1, 0.15) is 29.6 Å². The van der Waals surface area contributed by atoms with Crippen molar-refractivity contribution >= 4 is 28.5 Å². The first-order valence-corrected chi connectivity index (χ1v) is 13.3. The predicted octanol–water partition coefficient (Wildman–Crippen LogP) is 3.83. The maximum absolute atomic E-state index is 14.3. The van der Waals surface area contributed by atoms with Gasteiger partial charge in [0.15, 0.2) is 0 Å². The van der Waals surface area contributed by atoms with Gasteiger partial charge in [0, 0.05) is 30.5 Å². The second kappa shape index (κ2) is 12.2. The number of hydrogen-bond acceptors (Lipinski definition) is 7. The summed E-state index contributed by atoms with van der Waals surface area (Å²) in [6.45, 7) is 2.81. The standard InChI is InChI=1S/C30H33N5O5/c1-20-9-4-6-12-25(20)35(28(36)19-34-26-13-7-5-11-24(26)32-33-34)29(30(37)31-18-22-10-8-16-40-22)23-15-14-21(38-2)17-27(23)39-3/h4-7,9,11-15,17,22,29H,8,10,16,18-19H2,1-3H3,(H,31,37)/t22-,29-/m0/s1. The van der Waals surface area contributed by atoms with Crippen molar-refractivity contribution in [3.63, 3.8) is 0 Å². The van der Waals surface area contributed by atoms with E-state index in [1.165, 1.54) is 12.0 Å². The number of rotatable bonds is 10. The van der Waals surface area contributed by atoms with Crippen LogP contribution in [0, 0.1) is 6.92 Å². The maximum atomic E-state index is 14.3. The molecule has 0 unspecified atom stereocenters. The number of hydrogen-bond donors (Lipinski definition) is 1. The van der Waals surface area contributed by atoms with Crippen LogP contribution in [0.15, 0.2) is 66.7 Å². The summed E-state index contributed by atoms with van der Waals surface area (Å²) >= 11 is 0. The molecule has 1 aromatic heterocycles. The van der Waals surface area contributed by atoms with Crippen molar-refractivity contribution < 1.29 is 23.8 Å². The molecular weight excluding hydrogens is 510 g/mol. The van der Waals surface area contributed by atoms with E-state index in [1.807, 2.05) is 55.5 Å². The first-order valence-electron chi connectivity index (χ1n) is 13.3. The number of fused-ring (bicyclic) bond motifs is 1. The number of nitrogens with one attached hydrogen (secondary N) is 1. The zero-order chi connectivity index (χ0) is 28.1. The molecule has 5 rings (SSSR count). The number of carbonyl (C=O) groups excluding carboxylic acids is 2. The molecule has 1 N–H and O–H groups in total. The molecular formula is C30H33N5O5. The van der Waals surface area contributed by atoms with Gasteiger partial charge in [-0.1, -0.05) is 35.5 Å². The summed E-state index contributed by atoms with van der Waals surface area (Å²) in [6.07, 6.45) is 1.76. The third kappa shape index (κ3) is 5.62. The number of anilines is 1. The van der Waals surface area contributed by atoms with Gasteiger partial charge in [-0.25, -0.2) is 4.68 Å². The molecule has 2 heterocycles. The Morgan fingerprint density at radius 2 is 1.90 bits per heavy atom. The molecule has 208 valence electrons. The minimum absolute atomic E-state index is 0.0634. The highest BCUT2D eigenvalue weighted by molar-refractivity contribution is 6.02. The van der Waals surface area contributed by atoms with Crippen molar-refractivity contribution in [2.75, 3.05) is 32.3 Å². The number of aryl methyl sites for hydroxylation is 1. The molecule has 2 amide bonds. The number of nitrogens with zero attached hydrogens (tertiary/aromatic N) is 4. The minimum atomic E-state index is -1.05. The van der Waals surface area contributed by atoms with Crippen LogP contribution < -0.4 is 19.7 Å². The largest absolute Gasteiger partial charge is 0.497 e. The molecule has 2 atom stereocenters. The molecule has 0 saturated carbocycles. The van der Waals surface area contributed by atoms with E-state index in [4.69, 9.17) is 14.2 Å². The second-order valence-electron chi connectivity index (χ2n) is 9.68. The number of methoxy groups -OCH3 is 2. The maximum Gasteiger partial charge on any atom is 0.249 e. The van der Waals surface area contributed by atoms with Gasteiger partial charge in [0.05, 0.1) is 25.8 Å². The molecule has 1 saturated heterocycles. The van der Waals surface area contributed by atoms with Crippen LogP contribution >= 0.6 is 0 Å². The topological polar surface area (TPSA) is 108 Å². The van der Waals surface area contributed by atoms with Gasteiger partial charge < -0.3 is 19.5 Å². The first kappa shape index (κ1) is 27.1. The van der Waals surface area contributed by atoms with Gasteiger partial charge in [-0.3, -0.25) is 14.5 Å². The van der Waals surface area contributed by atoms with Gasteiger partial charge in [0.2, 0.25) is 11.8 Å². The fourth-order valence-electron chi connectivity index (χ4n) is 5.05. The quantitative estimate of drug-likeness (QED) is 0.324. The van der Waals surface area contributed by atoms with E-state index < -0.39 is 6.04 Å². The van der Waals surface area contributed by atoms with E-state index in [2.05, 4.69) is 15.6 Å². The van der Waals surface area contributed by atoms with Crippen molar-refractivity contribution in [3.8, 4) is 11.5 Å². The summed E-state index contributed by atoms with van der Waals surface area (Å²) in [5.74, 6) is 0.315. The molecule has 10 nitrogen and oxygen atoms in total. The zero-order valence-electron chi connectivity index (χ0n) is 22.9. The van der Waals surface area contributed by atoms with E-state index in [0.29, 0.717) is 41.4 Å². The number of para-hydroxylation sites is 2. The molecule has 1 fully saturated rings. The summed E-state index contributed by atoms with van der Waals surface area (Å²) < 4.78 is 18.4. The lowest BCUT2D eigenvalue weighted by Crippen LogP contribution is -2.47. The van der Waals surface area contributed by atoms with Gasteiger partial charge in [-0.05, 0) is 55.7 Å². The van der Waals surface area contributed by atoms with Gasteiger partial charge in [0.25, 0.3) is 0 Å². The summed E-state index contributed by atoms with van der Waals surface area (Å²) in [5, 5.41) is 11.4. The summed E-state index contributed by atoms with van der Waals surface area (Å²) in [4.78, 5) is 29.9. The lowest BCUT2D eigenvalue weighted by Gasteiger charge is -2.33. The lowest BCUT2D eigenvalue weighted by molar-refractivity contribution is -0.127. The van der Waals surface area contributed by atoms with Crippen LogP contribution in [0.25, 0.3) is 11.0 Å². The Morgan fingerprint density at radius 3 is 2.65 bits per heavy atom. The highest BCUT2D eigenvalue weighted by atomic mass is 16.5. The molecule has 3 aromatic carbocycles. The van der Waals surface area contributed by atoms with Crippen molar-refractivity contribution in [2.45, 2.75) is 38.5 Å². The Hall–Kier alpha value is -4.44. The monoisotopic (exact) mass is 543 g/mol. The molecule has 1 aliphatic rings. The smallest absolute Gasteiger partial charge is 0.249 e. The molecule has 0 spiro atoms. The Balaban J connectivity index is 1.60. The highest BCUT2D eigenvalue weighted by Gasteiger charge is 2.36. The van der Waals surface area contributed by atoms with Crippen LogP contribution in [0.3, 0.4) is 0 Å². The van der Waals surface area contributed by atoms with E-state index >= 15 is 0 Å². The van der Waals surface area contributed by atoms with E-state index in [1.54, 1.807) is 30.0 Å². The Labute approximate surface area is 232 Å². The molecule has 4 aromatic rings. The molecule has 0 aliphatic carbocycles. The van der Waals surface area contributed by atoms with Crippen molar-refractivity contribution in [1.29, 1.82) is 0 Å². The van der Waals surface area contributed by atoms with Gasteiger partial charge >= 0.3 is 0 Å². The SMILES string of the molecule is COc1ccc([C@@H](C(=O)NC[C@@H]2CCCO2)N(C(=O)Cn2nnc3ccccc32)c2ccccc2C)c(OC)c1. The van der Waals surface area contributed by atoms with Crippen LogP contribution in [0.2, 0.25) is 0 Å². The summed E-state index contributed by atoms with van der Waals surface area (Å²) in [5.41, 5.74) is 3.37. The Morgan fingerprint density at radius 1 is 1.10 bits per heavy atom. The van der Waals surface area contributed by atoms with E-state index in [9.17, 15) is 9.59 Å². The number of benzene rings is 3. The number of ether oxygens (including phenoxy) is 3. The molecule has 10 heteroatoms. The van der Waals surface area contributed by atoms with Crippen LogP contribution in [0.4, 0.5) is 5.69 Å².